The fourth-order valence-electron chi connectivity index (χ4n) is 4.10. The lowest BCUT2D eigenvalue weighted by molar-refractivity contribution is -0.126. The number of nitrogens with one attached hydrogen (secondary N) is 1. The molecule has 1 fully saturated rings. The average molecular weight is 461 g/mol. The van der Waals surface area contributed by atoms with E-state index in [1.807, 2.05) is 32.0 Å². The third-order valence-corrected chi connectivity index (χ3v) is 7.88. The third-order valence-electron chi connectivity index (χ3n) is 6.00. The van der Waals surface area contributed by atoms with Gasteiger partial charge in [-0.15, -0.1) is 0 Å². The van der Waals surface area contributed by atoms with Crippen LogP contribution < -0.4 is 14.8 Å². The van der Waals surface area contributed by atoms with Crippen molar-refractivity contribution in [2.45, 2.75) is 44.0 Å². The number of rotatable bonds is 8. The molecule has 1 saturated heterocycles. The topological polar surface area (TPSA) is 84.9 Å². The fraction of sp³-hybridized carbons (Fsp3) is 0.458. The minimum Gasteiger partial charge on any atom is -0.497 e. The Balaban J connectivity index is 1.70. The number of benzene rings is 2. The van der Waals surface area contributed by atoms with Crippen LogP contribution >= 0.6 is 0 Å². The van der Waals surface area contributed by atoms with Crippen molar-refractivity contribution in [3.63, 3.8) is 0 Å². The first-order valence-corrected chi connectivity index (χ1v) is 12.3. The summed E-state index contributed by atoms with van der Waals surface area (Å²) in [7, 11) is -0.498. The molecule has 0 bridgehead atoms. The molecule has 2 aromatic rings. The van der Waals surface area contributed by atoms with E-state index in [0.717, 1.165) is 23.3 Å². The van der Waals surface area contributed by atoms with Gasteiger partial charge in [0.2, 0.25) is 15.9 Å². The lowest BCUT2D eigenvalue weighted by atomic mass is 9.96. The Kier molecular flexibility index (Phi) is 7.79. The number of carbonyl (C=O) groups excluding carboxylic acids is 1. The molecule has 1 heterocycles. The van der Waals surface area contributed by atoms with Gasteiger partial charge < -0.3 is 14.8 Å². The zero-order valence-electron chi connectivity index (χ0n) is 19.1. The highest BCUT2D eigenvalue weighted by Gasteiger charge is 2.34. The summed E-state index contributed by atoms with van der Waals surface area (Å²) in [6, 6.07) is 12.1. The molecule has 1 aliphatic heterocycles. The number of nitrogens with zero attached hydrogens (tertiary/aromatic N) is 1. The normalized spacial score (nSPS) is 18.1. The van der Waals surface area contributed by atoms with Gasteiger partial charge in [-0.3, -0.25) is 4.79 Å². The van der Waals surface area contributed by atoms with Crippen LogP contribution in [0.1, 0.15) is 43.4 Å². The monoisotopic (exact) mass is 460 g/mol. The van der Waals surface area contributed by atoms with Crippen molar-refractivity contribution in [3.8, 4) is 11.5 Å². The van der Waals surface area contributed by atoms with Crippen LogP contribution in [0.15, 0.2) is 47.4 Å². The van der Waals surface area contributed by atoms with Crippen molar-refractivity contribution in [3.05, 3.63) is 53.6 Å². The molecule has 0 aliphatic carbocycles. The zero-order chi connectivity index (χ0) is 23.3. The number of hydrogen-bond acceptors (Lipinski definition) is 5. The maximum Gasteiger partial charge on any atom is 0.243 e. The number of sulfonamides is 1. The number of piperidine rings is 1. The van der Waals surface area contributed by atoms with E-state index in [1.165, 1.54) is 23.5 Å². The van der Waals surface area contributed by atoms with Gasteiger partial charge in [0.1, 0.15) is 11.5 Å². The maximum absolute atomic E-state index is 13.1. The summed E-state index contributed by atoms with van der Waals surface area (Å²) in [4.78, 5) is 13.3. The van der Waals surface area contributed by atoms with Crippen molar-refractivity contribution in [1.82, 2.24) is 9.62 Å². The van der Waals surface area contributed by atoms with Crippen LogP contribution in [0.4, 0.5) is 0 Å². The lowest BCUT2D eigenvalue weighted by Gasteiger charge is -2.32. The molecule has 2 aromatic carbocycles. The average Bonchev–Trinajstić information content (AvgIpc) is 2.82. The van der Waals surface area contributed by atoms with E-state index in [9.17, 15) is 13.2 Å². The van der Waals surface area contributed by atoms with Gasteiger partial charge in [0.05, 0.1) is 31.1 Å². The molecule has 0 radical (unpaired) electrons. The summed E-state index contributed by atoms with van der Waals surface area (Å²) >= 11 is 0. The fourth-order valence-corrected chi connectivity index (χ4v) is 5.62. The van der Waals surface area contributed by atoms with E-state index in [2.05, 4.69) is 5.32 Å². The van der Waals surface area contributed by atoms with Crippen molar-refractivity contribution in [2.75, 3.05) is 27.3 Å². The second kappa shape index (κ2) is 10.4. The predicted octanol–water partition coefficient (Wildman–Crippen LogP) is 3.68. The van der Waals surface area contributed by atoms with Crippen LogP contribution in [0.2, 0.25) is 0 Å². The van der Waals surface area contributed by atoms with Crippen LogP contribution in [0.25, 0.3) is 0 Å². The van der Waals surface area contributed by atoms with E-state index in [-0.39, 0.29) is 29.3 Å². The molecule has 2 atom stereocenters. The first kappa shape index (κ1) is 24.1. The van der Waals surface area contributed by atoms with E-state index < -0.39 is 10.0 Å². The molecule has 1 amide bonds. The van der Waals surface area contributed by atoms with Crippen molar-refractivity contribution in [2.24, 2.45) is 5.92 Å². The Morgan fingerprint density at radius 3 is 2.47 bits per heavy atom. The highest BCUT2D eigenvalue weighted by molar-refractivity contribution is 7.89. The molecule has 32 heavy (non-hydrogen) atoms. The lowest BCUT2D eigenvalue weighted by Crippen LogP contribution is -2.46. The highest BCUT2D eigenvalue weighted by atomic mass is 32.2. The van der Waals surface area contributed by atoms with E-state index in [4.69, 9.17) is 9.47 Å². The van der Waals surface area contributed by atoms with Crippen molar-refractivity contribution < 1.29 is 22.7 Å². The van der Waals surface area contributed by atoms with Crippen LogP contribution in [0, 0.1) is 12.8 Å². The van der Waals surface area contributed by atoms with Gasteiger partial charge in [-0.2, -0.15) is 4.31 Å². The Hall–Kier alpha value is -2.58. The molecule has 7 nitrogen and oxygen atoms in total. The number of aryl methyl sites for hydroxylation is 1. The van der Waals surface area contributed by atoms with Gasteiger partial charge in [0.15, 0.2) is 0 Å². The molecule has 174 valence electrons. The minimum atomic E-state index is -3.67. The minimum absolute atomic E-state index is 0.111. The Morgan fingerprint density at radius 1 is 1.16 bits per heavy atom. The van der Waals surface area contributed by atoms with E-state index in [1.54, 1.807) is 19.2 Å². The van der Waals surface area contributed by atoms with Crippen molar-refractivity contribution >= 4 is 15.9 Å². The number of methoxy groups -OCH3 is 2. The maximum atomic E-state index is 13.1. The molecule has 1 aliphatic rings. The molecule has 0 spiro atoms. The Bertz CT molecular complexity index is 1040. The molecule has 0 unspecified atom stereocenters. The first-order chi connectivity index (χ1) is 15.3. The van der Waals surface area contributed by atoms with Crippen LogP contribution in [0.3, 0.4) is 0 Å². The quantitative estimate of drug-likeness (QED) is 0.650. The van der Waals surface area contributed by atoms with Crippen LogP contribution in [0.5, 0.6) is 11.5 Å². The molecule has 3 rings (SSSR count). The zero-order valence-corrected chi connectivity index (χ0v) is 19.9. The number of amides is 1. The van der Waals surface area contributed by atoms with Gasteiger partial charge in [-0.25, -0.2) is 8.42 Å². The molecular weight excluding hydrogens is 428 g/mol. The van der Waals surface area contributed by atoms with Crippen molar-refractivity contribution in [1.29, 1.82) is 0 Å². The second-order valence-electron chi connectivity index (χ2n) is 8.08. The number of carbonyl (C=O) groups is 1. The largest absolute Gasteiger partial charge is 0.497 e. The summed E-state index contributed by atoms with van der Waals surface area (Å²) in [6.07, 6.45) is 2.04. The van der Waals surface area contributed by atoms with E-state index >= 15 is 0 Å². The highest BCUT2D eigenvalue weighted by Crippen LogP contribution is 2.28. The summed E-state index contributed by atoms with van der Waals surface area (Å²) in [5.74, 6) is 0.908. The molecular formula is C24H32N2O5S. The first-order valence-electron chi connectivity index (χ1n) is 10.9. The van der Waals surface area contributed by atoms with E-state index in [0.29, 0.717) is 25.1 Å². The smallest absolute Gasteiger partial charge is 0.243 e. The molecule has 1 N–H and O–H groups in total. The van der Waals surface area contributed by atoms with Gasteiger partial charge in [-0.1, -0.05) is 19.1 Å². The summed E-state index contributed by atoms with van der Waals surface area (Å²) in [6.45, 7) is 4.58. The summed E-state index contributed by atoms with van der Waals surface area (Å²) in [5, 5.41) is 3.13. The standard InChI is InChI=1S/C24H32N2O5S/c1-5-22(18-8-13-23(31-4)17(2)15-18)25-24(27)19-7-6-14-26(16-19)32(28,29)21-11-9-20(30-3)10-12-21/h8-13,15,19,22H,5-7,14,16H2,1-4H3,(H,25,27)/t19-,22-/m0/s1. The van der Waals surface area contributed by atoms with Crippen LogP contribution in [-0.4, -0.2) is 45.9 Å². The van der Waals surface area contributed by atoms with Gasteiger partial charge >= 0.3 is 0 Å². The Morgan fingerprint density at radius 2 is 1.88 bits per heavy atom. The summed E-state index contributed by atoms with van der Waals surface area (Å²) < 4.78 is 38.0. The molecule has 8 heteroatoms. The van der Waals surface area contributed by atoms with Gasteiger partial charge in [0, 0.05) is 13.1 Å². The summed E-state index contributed by atoms with van der Waals surface area (Å²) in [5.41, 5.74) is 2.02. The SMILES string of the molecule is CC[C@H](NC(=O)[C@H]1CCCN(S(=O)(=O)c2ccc(OC)cc2)C1)c1ccc(OC)c(C)c1. The molecule has 0 saturated carbocycles. The second-order valence-corrected chi connectivity index (χ2v) is 10.0. The third kappa shape index (κ3) is 5.24. The number of ether oxygens (including phenoxy) is 2. The Labute approximate surface area is 190 Å². The number of hydrogen-bond donors (Lipinski definition) is 1. The predicted molar refractivity (Wildman–Crippen MR) is 123 cm³/mol. The molecule has 0 aromatic heterocycles. The van der Waals surface area contributed by atoms with Gasteiger partial charge in [-0.05, 0) is 67.6 Å². The van der Waals surface area contributed by atoms with Gasteiger partial charge in [0.25, 0.3) is 0 Å². The van der Waals surface area contributed by atoms with Crippen LogP contribution in [-0.2, 0) is 14.8 Å².